The van der Waals surface area contributed by atoms with Crippen molar-refractivity contribution in [3.8, 4) is 0 Å². The van der Waals surface area contributed by atoms with Crippen LogP contribution in [0.25, 0.3) is 0 Å². The fraction of sp³-hybridized carbons (Fsp3) is 0.941. The molecule has 0 radical (unpaired) electrons. The Bertz CT molecular complexity index is 307. The number of nitrogens with zero attached hydrogens (tertiary/aromatic N) is 1. The van der Waals surface area contributed by atoms with Crippen LogP contribution in [0.15, 0.2) is 0 Å². The Labute approximate surface area is 125 Å². The lowest BCUT2D eigenvalue weighted by atomic mass is 9.90. The second-order valence-electron chi connectivity index (χ2n) is 8.05. The molecule has 118 valence electrons. The van der Waals surface area contributed by atoms with E-state index < -0.39 is 0 Å². The molecule has 2 atom stereocenters. The van der Waals surface area contributed by atoms with Crippen molar-refractivity contribution in [2.24, 2.45) is 17.3 Å². The second kappa shape index (κ2) is 7.44. The first-order valence-corrected chi connectivity index (χ1v) is 8.22. The van der Waals surface area contributed by atoms with Gasteiger partial charge in [-0.25, -0.2) is 0 Å². The van der Waals surface area contributed by atoms with Crippen LogP contribution in [0.1, 0.15) is 60.8 Å². The van der Waals surface area contributed by atoms with Crippen LogP contribution in [0.2, 0.25) is 0 Å². The van der Waals surface area contributed by atoms with E-state index in [1.165, 1.54) is 12.8 Å². The Kier molecular flexibility index (Phi) is 6.50. The number of piperidine rings is 1. The normalized spacial score (nSPS) is 24.2. The third-order valence-electron chi connectivity index (χ3n) is 3.97. The van der Waals surface area contributed by atoms with E-state index in [4.69, 9.17) is 0 Å². The maximum atomic E-state index is 12.3. The summed E-state index contributed by atoms with van der Waals surface area (Å²) in [6.45, 7) is 16.1. The van der Waals surface area contributed by atoms with Crippen LogP contribution in [-0.2, 0) is 4.79 Å². The number of hydrogen-bond donors (Lipinski definition) is 1. The van der Waals surface area contributed by atoms with Crippen LogP contribution in [0.4, 0.5) is 0 Å². The van der Waals surface area contributed by atoms with Gasteiger partial charge < -0.3 is 10.2 Å². The number of carbonyl (C=O) groups excluding carboxylic acids is 1. The molecule has 3 heteroatoms. The van der Waals surface area contributed by atoms with Crippen LogP contribution < -0.4 is 5.32 Å². The van der Waals surface area contributed by atoms with Crippen molar-refractivity contribution in [3.63, 3.8) is 0 Å². The molecule has 3 nitrogen and oxygen atoms in total. The highest BCUT2D eigenvalue weighted by Gasteiger charge is 2.29. The summed E-state index contributed by atoms with van der Waals surface area (Å²) in [5.41, 5.74) is 0.298. The second-order valence-corrected chi connectivity index (χ2v) is 8.05. The van der Waals surface area contributed by atoms with Gasteiger partial charge in [0, 0.05) is 32.1 Å². The zero-order valence-corrected chi connectivity index (χ0v) is 14.3. The van der Waals surface area contributed by atoms with Gasteiger partial charge in [-0.15, -0.1) is 0 Å². The molecular weight excluding hydrogens is 248 g/mol. The standard InChI is InChI=1S/C17H34N2O/c1-7-14-9-15(18-12-17(4,5)6)11-19(10-14)16(20)8-13(2)3/h13-15,18H,7-12H2,1-6H3. The van der Waals surface area contributed by atoms with Gasteiger partial charge in [0.25, 0.3) is 0 Å². The summed E-state index contributed by atoms with van der Waals surface area (Å²) >= 11 is 0. The topological polar surface area (TPSA) is 32.3 Å². The van der Waals surface area contributed by atoms with Crippen LogP contribution >= 0.6 is 0 Å². The van der Waals surface area contributed by atoms with Gasteiger partial charge >= 0.3 is 0 Å². The van der Waals surface area contributed by atoms with Gasteiger partial charge in [0.05, 0.1) is 0 Å². The molecule has 1 fully saturated rings. The van der Waals surface area contributed by atoms with Crippen molar-refractivity contribution in [1.82, 2.24) is 10.2 Å². The summed E-state index contributed by atoms with van der Waals surface area (Å²) in [5.74, 6) is 1.43. The first-order chi connectivity index (χ1) is 9.21. The van der Waals surface area contributed by atoms with Crippen LogP contribution in [0, 0.1) is 17.3 Å². The summed E-state index contributed by atoms with van der Waals surface area (Å²) in [6.07, 6.45) is 3.06. The number of carbonyl (C=O) groups is 1. The predicted octanol–water partition coefficient (Wildman–Crippen LogP) is 3.30. The summed E-state index contributed by atoms with van der Waals surface area (Å²) in [5, 5.41) is 3.67. The van der Waals surface area contributed by atoms with Crippen molar-refractivity contribution in [2.75, 3.05) is 19.6 Å². The lowest BCUT2D eigenvalue weighted by Gasteiger charge is -2.39. The number of hydrogen-bond acceptors (Lipinski definition) is 2. The number of nitrogens with one attached hydrogen (secondary N) is 1. The largest absolute Gasteiger partial charge is 0.341 e. The Hall–Kier alpha value is -0.570. The molecule has 1 saturated heterocycles. The molecule has 0 aliphatic carbocycles. The Morgan fingerprint density at radius 2 is 1.95 bits per heavy atom. The molecule has 0 saturated carbocycles. The molecule has 1 heterocycles. The van der Waals surface area contributed by atoms with E-state index in [0.29, 0.717) is 35.6 Å². The molecule has 0 aromatic rings. The summed E-state index contributed by atoms with van der Waals surface area (Å²) in [4.78, 5) is 14.4. The lowest BCUT2D eigenvalue weighted by Crippen LogP contribution is -2.52. The van der Waals surface area contributed by atoms with Crippen molar-refractivity contribution >= 4 is 5.91 Å². The fourth-order valence-electron chi connectivity index (χ4n) is 2.78. The highest BCUT2D eigenvalue weighted by Crippen LogP contribution is 2.22. The third-order valence-corrected chi connectivity index (χ3v) is 3.97. The van der Waals surface area contributed by atoms with Crippen molar-refractivity contribution in [1.29, 1.82) is 0 Å². The van der Waals surface area contributed by atoms with E-state index in [1.54, 1.807) is 0 Å². The van der Waals surface area contributed by atoms with Crippen LogP contribution in [0.5, 0.6) is 0 Å². The molecule has 2 unspecified atom stereocenters. The van der Waals surface area contributed by atoms with Crippen molar-refractivity contribution < 1.29 is 4.79 Å². The molecule has 0 aromatic heterocycles. The van der Waals surface area contributed by atoms with Gasteiger partial charge in [-0.2, -0.15) is 0 Å². The van der Waals surface area contributed by atoms with Crippen LogP contribution in [-0.4, -0.2) is 36.5 Å². The quantitative estimate of drug-likeness (QED) is 0.839. The molecule has 0 aromatic carbocycles. The van der Waals surface area contributed by atoms with Gasteiger partial charge in [0.1, 0.15) is 0 Å². The Balaban J connectivity index is 2.57. The van der Waals surface area contributed by atoms with E-state index in [9.17, 15) is 4.79 Å². The first-order valence-electron chi connectivity index (χ1n) is 8.22. The molecule has 1 rings (SSSR count). The Morgan fingerprint density at radius 3 is 2.45 bits per heavy atom. The van der Waals surface area contributed by atoms with E-state index in [1.807, 2.05) is 0 Å². The lowest BCUT2D eigenvalue weighted by molar-refractivity contribution is -0.134. The average Bonchev–Trinajstić information content (AvgIpc) is 2.34. The smallest absolute Gasteiger partial charge is 0.222 e. The monoisotopic (exact) mass is 282 g/mol. The predicted molar refractivity (Wildman–Crippen MR) is 85.7 cm³/mol. The van der Waals surface area contributed by atoms with Gasteiger partial charge in [-0.3, -0.25) is 4.79 Å². The highest BCUT2D eigenvalue weighted by molar-refractivity contribution is 5.76. The minimum absolute atomic E-state index is 0.298. The third kappa shape index (κ3) is 6.25. The maximum absolute atomic E-state index is 12.3. The number of amides is 1. The zero-order valence-electron chi connectivity index (χ0n) is 14.3. The summed E-state index contributed by atoms with van der Waals surface area (Å²) in [7, 11) is 0. The van der Waals surface area contributed by atoms with Crippen molar-refractivity contribution in [3.05, 3.63) is 0 Å². The SMILES string of the molecule is CCC1CC(NCC(C)(C)C)CN(C(=O)CC(C)C)C1. The Morgan fingerprint density at radius 1 is 1.30 bits per heavy atom. The van der Waals surface area contributed by atoms with Crippen molar-refractivity contribution in [2.45, 2.75) is 66.8 Å². The highest BCUT2D eigenvalue weighted by atomic mass is 16.2. The summed E-state index contributed by atoms with van der Waals surface area (Å²) < 4.78 is 0. The molecule has 0 spiro atoms. The minimum Gasteiger partial charge on any atom is -0.341 e. The molecule has 0 bridgehead atoms. The molecule has 1 N–H and O–H groups in total. The summed E-state index contributed by atoms with van der Waals surface area (Å²) in [6, 6.07) is 0.462. The van der Waals surface area contributed by atoms with Gasteiger partial charge in [-0.1, -0.05) is 48.0 Å². The van der Waals surface area contributed by atoms with E-state index in [2.05, 4.69) is 51.8 Å². The minimum atomic E-state index is 0.298. The molecule has 1 aliphatic rings. The van der Waals surface area contributed by atoms with Crippen LogP contribution in [0.3, 0.4) is 0 Å². The molecule has 1 aliphatic heterocycles. The van der Waals surface area contributed by atoms with Gasteiger partial charge in [0.15, 0.2) is 0 Å². The van der Waals surface area contributed by atoms with Gasteiger partial charge in [0.2, 0.25) is 5.91 Å². The van der Waals surface area contributed by atoms with Gasteiger partial charge in [-0.05, 0) is 23.7 Å². The molecular formula is C17H34N2O. The fourth-order valence-corrected chi connectivity index (χ4v) is 2.78. The first kappa shape index (κ1) is 17.5. The molecule has 20 heavy (non-hydrogen) atoms. The average molecular weight is 282 g/mol. The molecule has 1 amide bonds. The van der Waals surface area contributed by atoms with E-state index in [0.717, 1.165) is 19.6 Å². The maximum Gasteiger partial charge on any atom is 0.222 e. The number of likely N-dealkylation sites (tertiary alicyclic amines) is 1. The van der Waals surface area contributed by atoms with E-state index in [-0.39, 0.29) is 0 Å². The van der Waals surface area contributed by atoms with E-state index >= 15 is 0 Å². The zero-order chi connectivity index (χ0) is 15.3. The number of rotatable bonds is 5.